The highest BCUT2D eigenvalue weighted by molar-refractivity contribution is 5.90. The number of aryl methyl sites for hydroxylation is 1. The summed E-state index contributed by atoms with van der Waals surface area (Å²) in [4.78, 5) is 16.1. The van der Waals surface area contributed by atoms with E-state index in [-0.39, 0.29) is 5.91 Å². The van der Waals surface area contributed by atoms with Gasteiger partial charge in [-0.3, -0.25) is 4.79 Å². The van der Waals surface area contributed by atoms with Crippen LogP contribution in [-0.2, 0) is 11.2 Å². The van der Waals surface area contributed by atoms with E-state index in [4.69, 9.17) is 0 Å². The molecule has 1 amide bonds. The Morgan fingerprint density at radius 3 is 2.62 bits per heavy atom. The van der Waals surface area contributed by atoms with Crippen molar-refractivity contribution in [2.24, 2.45) is 0 Å². The van der Waals surface area contributed by atoms with E-state index in [0.717, 1.165) is 30.9 Å². The van der Waals surface area contributed by atoms with Crippen molar-refractivity contribution in [3.8, 4) is 0 Å². The second-order valence-electron chi connectivity index (χ2n) is 4.89. The number of hydrogen-bond donors (Lipinski definition) is 2. The molecule has 0 aliphatic heterocycles. The van der Waals surface area contributed by atoms with Gasteiger partial charge in [0, 0.05) is 13.0 Å². The average molecular weight is 283 g/mol. The van der Waals surface area contributed by atoms with Crippen LogP contribution in [0.3, 0.4) is 0 Å². The molecule has 110 valence electrons. The number of anilines is 2. The number of carbonyl (C=O) groups is 1. The quantitative estimate of drug-likeness (QED) is 0.818. The van der Waals surface area contributed by atoms with Gasteiger partial charge in [0.15, 0.2) is 0 Å². The van der Waals surface area contributed by atoms with Crippen molar-refractivity contribution in [1.82, 2.24) is 4.98 Å². The first-order valence-electron chi connectivity index (χ1n) is 7.31. The Hall–Kier alpha value is -2.36. The maximum Gasteiger partial charge on any atom is 0.224 e. The molecule has 2 N–H and O–H groups in total. The summed E-state index contributed by atoms with van der Waals surface area (Å²) in [6.45, 7) is 3.00. The van der Waals surface area contributed by atoms with Gasteiger partial charge in [-0.2, -0.15) is 0 Å². The number of hydrogen-bond acceptors (Lipinski definition) is 3. The number of amides is 1. The molecular formula is C17H21N3O. The van der Waals surface area contributed by atoms with E-state index in [0.29, 0.717) is 6.42 Å². The Morgan fingerprint density at radius 2 is 1.95 bits per heavy atom. The highest BCUT2D eigenvalue weighted by Gasteiger charge is 2.03. The van der Waals surface area contributed by atoms with Gasteiger partial charge in [0.1, 0.15) is 5.82 Å². The Morgan fingerprint density at radius 1 is 1.14 bits per heavy atom. The van der Waals surface area contributed by atoms with Gasteiger partial charge in [-0.05, 0) is 30.5 Å². The minimum Gasteiger partial charge on any atom is -0.370 e. The van der Waals surface area contributed by atoms with Crippen molar-refractivity contribution in [2.45, 2.75) is 26.2 Å². The summed E-state index contributed by atoms with van der Waals surface area (Å²) >= 11 is 0. The topological polar surface area (TPSA) is 54.0 Å². The van der Waals surface area contributed by atoms with Gasteiger partial charge in [0.2, 0.25) is 5.91 Å². The van der Waals surface area contributed by atoms with Crippen LogP contribution in [0.1, 0.15) is 25.3 Å². The third-order valence-corrected chi connectivity index (χ3v) is 3.09. The third-order valence-electron chi connectivity index (χ3n) is 3.09. The second kappa shape index (κ2) is 8.04. The van der Waals surface area contributed by atoms with Crippen LogP contribution in [-0.4, -0.2) is 17.4 Å². The van der Waals surface area contributed by atoms with Crippen LogP contribution in [0.15, 0.2) is 48.7 Å². The molecule has 0 fully saturated rings. The third kappa shape index (κ3) is 5.26. The monoisotopic (exact) mass is 283 g/mol. The smallest absolute Gasteiger partial charge is 0.224 e. The Balaban J connectivity index is 1.79. The molecule has 4 heteroatoms. The summed E-state index contributed by atoms with van der Waals surface area (Å²) in [7, 11) is 0. The zero-order chi connectivity index (χ0) is 14.9. The van der Waals surface area contributed by atoms with E-state index in [1.54, 1.807) is 6.20 Å². The van der Waals surface area contributed by atoms with Crippen molar-refractivity contribution in [3.63, 3.8) is 0 Å². The molecule has 0 bridgehead atoms. The molecule has 0 aliphatic carbocycles. The second-order valence-corrected chi connectivity index (χ2v) is 4.89. The molecule has 1 aromatic heterocycles. The molecule has 2 aromatic rings. The Labute approximate surface area is 125 Å². The fourth-order valence-electron chi connectivity index (χ4n) is 1.95. The van der Waals surface area contributed by atoms with Gasteiger partial charge in [-0.25, -0.2) is 4.98 Å². The summed E-state index contributed by atoms with van der Waals surface area (Å²) < 4.78 is 0. The lowest BCUT2D eigenvalue weighted by Crippen LogP contribution is -2.12. The molecule has 0 spiro atoms. The van der Waals surface area contributed by atoms with Gasteiger partial charge in [0.05, 0.1) is 11.9 Å². The van der Waals surface area contributed by atoms with Gasteiger partial charge >= 0.3 is 0 Å². The first-order valence-corrected chi connectivity index (χ1v) is 7.31. The zero-order valence-electron chi connectivity index (χ0n) is 12.3. The fourth-order valence-corrected chi connectivity index (χ4v) is 1.95. The molecule has 0 aliphatic rings. The number of pyridine rings is 1. The van der Waals surface area contributed by atoms with Crippen LogP contribution in [0.4, 0.5) is 11.5 Å². The van der Waals surface area contributed by atoms with E-state index >= 15 is 0 Å². The van der Waals surface area contributed by atoms with E-state index in [9.17, 15) is 4.79 Å². The predicted octanol–water partition coefficient (Wildman–Crippen LogP) is 3.47. The van der Waals surface area contributed by atoms with E-state index < -0.39 is 0 Å². The molecule has 0 radical (unpaired) electrons. The molecule has 21 heavy (non-hydrogen) atoms. The van der Waals surface area contributed by atoms with E-state index in [1.807, 2.05) is 42.5 Å². The fraction of sp³-hybridized carbons (Fsp3) is 0.294. The maximum atomic E-state index is 11.9. The number of rotatable bonds is 7. The summed E-state index contributed by atoms with van der Waals surface area (Å²) in [5, 5.41) is 6.06. The molecule has 1 aromatic carbocycles. The minimum atomic E-state index is 0.00919. The Kier molecular flexibility index (Phi) is 5.76. The Bertz CT molecular complexity index is 552. The first-order chi connectivity index (χ1) is 10.3. The number of carbonyl (C=O) groups excluding carboxylic acids is 1. The lowest BCUT2D eigenvalue weighted by Gasteiger charge is -2.07. The molecule has 0 atom stereocenters. The van der Waals surface area contributed by atoms with Gasteiger partial charge in [-0.1, -0.05) is 37.3 Å². The van der Waals surface area contributed by atoms with Gasteiger partial charge < -0.3 is 10.6 Å². The number of aromatic nitrogens is 1. The molecule has 4 nitrogen and oxygen atoms in total. The lowest BCUT2D eigenvalue weighted by molar-refractivity contribution is -0.116. The van der Waals surface area contributed by atoms with Crippen LogP contribution >= 0.6 is 0 Å². The van der Waals surface area contributed by atoms with Crippen molar-refractivity contribution in [1.29, 1.82) is 0 Å². The van der Waals surface area contributed by atoms with Crippen molar-refractivity contribution < 1.29 is 4.79 Å². The lowest BCUT2D eigenvalue weighted by atomic mass is 10.1. The number of nitrogens with one attached hydrogen (secondary N) is 2. The standard InChI is InChI=1S/C17H21N3O/c1-2-12-18-16-10-9-15(13-19-16)20-17(21)11-8-14-6-4-3-5-7-14/h3-7,9-10,13H,2,8,11-12H2,1H3,(H,18,19)(H,20,21). The predicted molar refractivity (Wildman–Crippen MR) is 86.4 cm³/mol. The number of benzene rings is 1. The first kappa shape index (κ1) is 15.0. The summed E-state index contributed by atoms with van der Waals surface area (Å²) in [6.07, 6.45) is 3.95. The SMILES string of the molecule is CCCNc1ccc(NC(=O)CCc2ccccc2)cn1. The van der Waals surface area contributed by atoms with Gasteiger partial charge in [-0.15, -0.1) is 0 Å². The van der Waals surface area contributed by atoms with Crippen LogP contribution in [0.25, 0.3) is 0 Å². The largest absolute Gasteiger partial charge is 0.370 e. The molecule has 1 heterocycles. The van der Waals surface area contributed by atoms with Crippen molar-refractivity contribution in [3.05, 3.63) is 54.2 Å². The van der Waals surface area contributed by atoms with Crippen LogP contribution in [0.5, 0.6) is 0 Å². The maximum absolute atomic E-state index is 11.9. The minimum absolute atomic E-state index is 0.00919. The zero-order valence-corrected chi connectivity index (χ0v) is 12.3. The van der Waals surface area contributed by atoms with Crippen LogP contribution in [0, 0.1) is 0 Å². The van der Waals surface area contributed by atoms with Crippen molar-refractivity contribution in [2.75, 3.05) is 17.2 Å². The number of nitrogens with zero attached hydrogens (tertiary/aromatic N) is 1. The van der Waals surface area contributed by atoms with Gasteiger partial charge in [0.25, 0.3) is 0 Å². The highest BCUT2D eigenvalue weighted by Crippen LogP contribution is 2.11. The average Bonchev–Trinajstić information content (AvgIpc) is 2.53. The van der Waals surface area contributed by atoms with E-state index in [2.05, 4.69) is 22.5 Å². The summed E-state index contributed by atoms with van der Waals surface area (Å²) in [6, 6.07) is 13.8. The summed E-state index contributed by atoms with van der Waals surface area (Å²) in [5.74, 6) is 0.842. The molecule has 0 saturated carbocycles. The van der Waals surface area contributed by atoms with Crippen molar-refractivity contribution >= 4 is 17.4 Å². The normalized spacial score (nSPS) is 10.1. The van der Waals surface area contributed by atoms with Crippen LogP contribution < -0.4 is 10.6 Å². The van der Waals surface area contributed by atoms with Crippen LogP contribution in [0.2, 0.25) is 0 Å². The highest BCUT2D eigenvalue weighted by atomic mass is 16.1. The molecule has 0 unspecified atom stereocenters. The molecule has 2 rings (SSSR count). The van der Waals surface area contributed by atoms with E-state index in [1.165, 1.54) is 5.56 Å². The summed E-state index contributed by atoms with van der Waals surface area (Å²) in [5.41, 5.74) is 1.90. The molecular weight excluding hydrogens is 262 g/mol. The molecule has 0 saturated heterocycles.